The highest BCUT2D eigenvalue weighted by atomic mass is 32.2. The zero-order chi connectivity index (χ0) is 20.8. The first-order valence-electron chi connectivity index (χ1n) is 8.43. The molecule has 1 rings (SSSR count). The maximum Gasteiger partial charge on any atom is 0.407 e. The second-order valence-corrected chi connectivity index (χ2v) is 8.86. The van der Waals surface area contributed by atoms with E-state index in [9.17, 15) is 18.0 Å². The molecule has 0 aliphatic carbocycles. The molecule has 0 aliphatic heterocycles. The molecule has 0 heterocycles. The van der Waals surface area contributed by atoms with Crippen LogP contribution in [0, 0.1) is 0 Å². The largest absolute Gasteiger partial charge is 0.462 e. The van der Waals surface area contributed by atoms with Gasteiger partial charge in [0.1, 0.15) is 11.4 Å². The number of ether oxygens (including phenoxy) is 2. The van der Waals surface area contributed by atoms with Crippen molar-refractivity contribution in [3.8, 4) is 5.75 Å². The molecule has 1 amide bonds. The van der Waals surface area contributed by atoms with Gasteiger partial charge in [0.25, 0.3) is 0 Å². The van der Waals surface area contributed by atoms with Crippen molar-refractivity contribution < 1.29 is 31.7 Å². The van der Waals surface area contributed by atoms with Crippen LogP contribution in [0.4, 0.5) is 4.79 Å². The number of benzene rings is 1. The van der Waals surface area contributed by atoms with Gasteiger partial charge >= 0.3 is 22.2 Å². The van der Waals surface area contributed by atoms with Crippen LogP contribution in [0.25, 0.3) is 0 Å². The molecule has 0 radical (unpaired) electrons. The second kappa shape index (κ2) is 9.07. The number of carbonyl (C=O) groups excluding carboxylic acids is 2. The standard InChI is InChI=1S/C18H27NO7S/c1-12(2)24-16(20)15(11-19-17(21)25-18(3,4)5)13-8-7-9-14(10-13)26-27(6,22)23/h7-10,12,15H,11H2,1-6H3,(H,19,21). The maximum atomic E-state index is 12.5. The fraction of sp³-hybridized carbons (Fsp3) is 0.556. The number of hydrogen-bond donors (Lipinski definition) is 1. The third-order valence-electron chi connectivity index (χ3n) is 2.99. The Hall–Kier alpha value is -2.29. The topological polar surface area (TPSA) is 108 Å². The van der Waals surface area contributed by atoms with Gasteiger partial charge in [-0.05, 0) is 52.3 Å². The Labute approximate surface area is 160 Å². The van der Waals surface area contributed by atoms with E-state index in [0.29, 0.717) is 5.56 Å². The van der Waals surface area contributed by atoms with Gasteiger partial charge in [-0.1, -0.05) is 12.1 Å². The lowest BCUT2D eigenvalue weighted by atomic mass is 9.99. The van der Waals surface area contributed by atoms with Crippen LogP contribution in [-0.2, 0) is 24.4 Å². The average molecular weight is 401 g/mol. The number of amides is 1. The molecular weight excluding hydrogens is 374 g/mol. The third kappa shape index (κ3) is 9.28. The van der Waals surface area contributed by atoms with Gasteiger partial charge in [-0.2, -0.15) is 8.42 Å². The summed E-state index contributed by atoms with van der Waals surface area (Å²) in [6, 6.07) is 6.05. The molecule has 0 fully saturated rings. The molecule has 152 valence electrons. The SMILES string of the molecule is CC(C)OC(=O)C(CNC(=O)OC(C)(C)C)c1cccc(OS(C)(=O)=O)c1. The van der Waals surface area contributed by atoms with E-state index in [1.54, 1.807) is 46.8 Å². The first-order chi connectivity index (χ1) is 12.3. The molecule has 1 unspecified atom stereocenters. The number of carbonyl (C=O) groups is 2. The molecule has 0 saturated heterocycles. The first kappa shape index (κ1) is 22.8. The number of rotatable bonds is 7. The van der Waals surface area contributed by atoms with Crippen molar-refractivity contribution in [2.75, 3.05) is 12.8 Å². The molecule has 8 nitrogen and oxygen atoms in total. The Morgan fingerprint density at radius 1 is 1.19 bits per heavy atom. The van der Waals surface area contributed by atoms with Crippen molar-refractivity contribution in [3.63, 3.8) is 0 Å². The summed E-state index contributed by atoms with van der Waals surface area (Å²) < 4.78 is 37.9. The zero-order valence-electron chi connectivity index (χ0n) is 16.4. The molecule has 1 aromatic rings. The second-order valence-electron chi connectivity index (χ2n) is 7.28. The van der Waals surface area contributed by atoms with Crippen LogP contribution < -0.4 is 9.50 Å². The van der Waals surface area contributed by atoms with Crippen LogP contribution in [0.1, 0.15) is 46.1 Å². The molecule has 0 bridgehead atoms. The summed E-state index contributed by atoms with van der Waals surface area (Å²) in [4.78, 5) is 24.4. The highest BCUT2D eigenvalue weighted by Crippen LogP contribution is 2.23. The molecule has 0 aliphatic rings. The molecule has 1 atom stereocenters. The minimum Gasteiger partial charge on any atom is -0.462 e. The van der Waals surface area contributed by atoms with Crippen molar-refractivity contribution in [3.05, 3.63) is 29.8 Å². The van der Waals surface area contributed by atoms with Crippen molar-refractivity contribution in [2.24, 2.45) is 0 Å². The number of hydrogen-bond acceptors (Lipinski definition) is 7. The van der Waals surface area contributed by atoms with Gasteiger partial charge < -0.3 is 19.0 Å². The lowest BCUT2D eigenvalue weighted by molar-refractivity contribution is -0.149. The van der Waals surface area contributed by atoms with E-state index in [0.717, 1.165) is 6.26 Å². The third-order valence-corrected chi connectivity index (χ3v) is 3.49. The zero-order valence-corrected chi connectivity index (χ0v) is 17.3. The van der Waals surface area contributed by atoms with Crippen molar-refractivity contribution >= 4 is 22.2 Å². The molecule has 1 N–H and O–H groups in total. The Morgan fingerprint density at radius 3 is 2.33 bits per heavy atom. The molecule has 9 heteroatoms. The molecular formula is C18H27NO7S. The van der Waals surface area contributed by atoms with Gasteiger partial charge in [-0.25, -0.2) is 4.79 Å². The smallest absolute Gasteiger partial charge is 0.407 e. The fourth-order valence-corrected chi connectivity index (χ4v) is 2.56. The van der Waals surface area contributed by atoms with E-state index >= 15 is 0 Å². The van der Waals surface area contributed by atoms with Crippen LogP contribution in [0.3, 0.4) is 0 Å². The minimum atomic E-state index is -3.71. The van der Waals surface area contributed by atoms with E-state index < -0.39 is 33.7 Å². The Bertz CT molecular complexity index is 766. The van der Waals surface area contributed by atoms with Gasteiger partial charge in [0.05, 0.1) is 18.3 Å². The predicted octanol–water partition coefficient (Wildman–Crippen LogP) is 2.58. The van der Waals surface area contributed by atoms with E-state index in [1.807, 2.05) is 0 Å². The van der Waals surface area contributed by atoms with E-state index in [1.165, 1.54) is 12.1 Å². The van der Waals surface area contributed by atoms with Gasteiger partial charge in [-0.3, -0.25) is 4.79 Å². The van der Waals surface area contributed by atoms with Crippen LogP contribution in [0.2, 0.25) is 0 Å². The molecule has 1 aromatic carbocycles. The summed E-state index contributed by atoms with van der Waals surface area (Å²) in [6.45, 7) is 8.51. The summed E-state index contributed by atoms with van der Waals surface area (Å²) in [5, 5.41) is 2.54. The van der Waals surface area contributed by atoms with Gasteiger partial charge in [-0.15, -0.1) is 0 Å². The van der Waals surface area contributed by atoms with Crippen LogP contribution >= 0.6 is 0 Å². The normalized spacial score (nSPS) is 13.0. The maximum absolute atomic E-state index is 12.5. The Balaban J connectivity index is 3.03. The van der Waals surface area contributed by atoms with E-state index in [4.69, 9.17) is 13.7 Å². The highest BCUT2D eigenvalue weighted by Gasteiger charge is 2.26. The van der Waals surface area contributed by atoms with E-state index in [-0.39, 0.29) is 18.4 Å². The Morgan fingerprint density at radius 2 is 1.81 bits per heavy atom. The van der Waals surface area contributed by atoms with Gasteiger partial charge in [0, 0.05) is 6.54 Å². The summed E-state index contributed by atoms with van der Waals surface area (Å²) in [5.41, 5.74) is -0.237. The molecule has 0 aromatic heterocycles. The van der Waals surface area contributed by atoms with Crippen LogP contribution in [0.5, 0.6) is 5.75 Å². The summed E-state index contributed by atoms with van der Waals surface area (Å²) in [6.07, 6.45) is -0.0980. The first-order valence-corrected chi connectivity index (χ1v) is 10.3. The monoisotopic (exact) mass is 401 g/mol. The van der Waals surface area contributed by atoms with Crippen molar-refractivity contribution in [1.29, 1.82) is 0 Å². The number of esters is 1. The lowest BCUT2D eigenvalue weighted by Crippen LogP contribution is -2.37. The predicted molar refractivity (Wildman–Crippen MR) is 100 cm³/mol. The quantitative estimate of drug-likeness (QED) is 0.552. The Kier molecular flexibility index (Phi) is 7.65. The van der Waals surface area contributed by atoms with Crippen LogP contribution in [-0.4, -0.2) is 45.0 Å². The summed E-state index contributed by atoms with van der Waals surface area (Å²) in [7, 11) is -3.71. The molecule has 0 spiro atoms. The fourth-order valence-electron chi connectivity index (χ4n) is 2.11. The minimum absolute atomic E-state index is 0.0645. The molecule has 0 saturated carbocycles. The number of alkyl carbamates (subject to hydrolysis) is 1. The lowest BCUT2D eigenvalue weighted by Gasteiger charge is -2.22. The van der Waals surface area contributed by atoms with Crippen LogP contribution in [0.15, 0.2) is 24.3 Å². The molecule has 27 heavy (non-hydrogen) atoms. The summed E-state index contributed by atoms with van der Waals surface area (Å²) >= 11 is 0. The number of nitrogens with one attached hydrogen (secondary N) is 1. The van der Waals surface area contributed by atoms with Crippen molar-refractivity contribution in [1.82, 2.24) is 5.32 Å². The van der Waals surface area contributed by atoms with Gasteiger partial charge in [0.15, 0.2) is 0 Å². The van der Waals surface area contributed by atoms with Gasteiger partial charge in [0.2, 0.25) is 0 Å². The van der Waals surface area contributed by atoms with E-state index in [2.05, 4.69) is 5.32 Å². The van der Waals surface area contributed by atoms with Crippen molar-refractivity contribution in [2.45, 2.75) is 52.2 Å². The highest BCUT2D eigenvalue weighted by molar-refractivity contribution is 7.86. The summed E-state index contributed by atoms with van der Waals surface area (Å²) in [5.74, 6) is -1.35. The average Bonchev–Trinajstić information content (AvgIpc) is 2.43.